The zero-order valence-electron chi connectivity index (χ0n) is 7.03. The van der Waals surface area contributed by atoms with Crippen LogP contribution in [0.25, 0.3) is 0 Å². The Labute approximate surface area is 72.8 Å². The third-order valence-corrected chi connectivity index (χ3v) is 1.68. The fraction of sp³-hybridized carbons (Fsp3) is 0.300. The molecule has 0 heterocycles. The van der Waals surface area contributed by atoms with Gasteiger partial charge in [0.1, 0.15) is 6.54 Å². The lowest BCUT2D eigenvalue weighted by Crippen LogP contribution is -2.82. The first kappa shape index (κ1) is 8.76. The van der Waals surface area contributed by atoms with E-state index in [-0.39, 0.29) is 0 Å². The molecule has 0 aromatic heterocycles. The predicted molar refractivity (Wildman–Crippen MR) is 47.2 cm³/mol. The Morgan fingerprint density at radius 3 is 2.67 bits per heavy atom. The van der Waals surface area contributed by atoms with E-state index < -0.39 is 0 Å². The van der Waals surface area contributed by atoms with Crippen molar-refractivity contribution in [1.29, 1.82) is 5.26 Å². The second kappa shape index (κ2) is 5.34. The summed E-state index contributed by atoms with van der Waals surface area (Å²) in [5.41, 5.74) is 1.32. The van der Waals surface area contributed by atoms with Crippen LogP contribution in [-0.2, 0) is 6.54 Å². The van der Waals surface area contributed by atoms with Gasteiger partial charge in [0.05, 0.1) is 19.0 Å². The van der Waals surface area contributed by atoms with Gasteiger partial charge in [0.15, 0.2) is 0 Å². The van der Waals surface area contributed by atoms with Crippen LogP contribution in [0.4, 0.5) is 0 Å². The first-order valence-corrected chi connectivity index (χ1v) is 4.16. The van der Waals surface area contributed by atoms with Crippen LogP contribution in [0.5, 0.6) is 0 Å². The Morgan fingerprint density at radius 1 is 1.25 bits per heavy atom. The van der Waals surface area contributed by atoms with E-state index in [1.54, 1.807) is 0 Å². The Kier molecular flexibility index (Phi) is 3.90. The molecule has 1 rings (SSSR count). The smallest absolute Gasteiger partial charge is 0.101 e. The van der Waals surface area contributed by atoms with Gasteiger partial charge in [-0.1, -0.05) is 30.3 Å². The molecule has 0 fully saturated rings. The molecule has 2 N–H and O–H groups in total. The summed E-state index contributed by atoms with van der Waals surface area (Å²) in [6, 6.07) is 12.4. The summed E-state index contributed by atoms with van der Waals surface area (Å²) in [5, 5.41) is 10.4. The Morgan fingerprint density at radius 2 is 2.00 bits per heavy atom. The molecule has 62 valence electrons. The van der Waals surface area contributed by atoms with Crippen LogP contribution >= 0.6 is 0 Å². The van der Waals surface area contributed by atoms with Gasteiger partial charge in [0.25, 0.3) is 0 Å². The minimum atomic E-state index is 0.632. The van der Waals surface area contributed by atoms with Crippen LogP contribution in [0.3, 0.4) is 0 Å². The van der Waals surface area contributed by atoms with Crippen molar-refractivity contribution in [2.24, 2.45) is 0 Å². The Hall–Kier alpha value is -1.33. The van der Waals surface area contributed by atoms with E-state index >= 15 is 0 Å². The molecule has 1 aromatic rings. The first-order chi connectivity index (χ1) is 5.93. The van der Waals surface area contributed by atoms with Crippen molar-refractivity contribution in [2.45, 2.75) is 13.0 Å². The van der Waals surface area contributed by atoms with Crippen LogP contribution in [0.1, 0.15) is 12.0 Å². The quantitative estimate of drug-likeness (QED) is 0.648. The monoisotopic (exact) mass is 161 g/mol. The van der Waals surface area contributed by atoms with Crippen molar-refractivity contribution in [3.63, 3.8) is 0 Å². The maximum Gasteiger partial charge on any atom is 0.101 e. The summed E-state index contributed by atoms with van der Waals surface area (Å²) in [7, 11) is 0. The summed E-state index contributed by atoms with van der Waals surface area (Å²) < 4.78 is 0. The number of benzene rings is 1. The normalized spacial score (nSPS) is 9.25. The maximum absolute atomic E-state index is 8.29. The zero-order chi connectivity index (χ0) is 8.65. The van der Waals surface area contributed by atoms with Gasteiger partial charge in [-0.3, -0.25) is 0 Å². The minimum absolute atomic E-state index is 0.632. The number of nitrogens with zero attached hydrogens (tertiary/aromatic N) is 1. The summed E-state index contributed by atoms with van der Waals surface area (Å²) in [5.74, 6) is 0. The highest BCUT2D eigenvalue weighted by molar-refractivity contribution is 5.12. The van der Waals surface area contributed by atoms with E-state index in [4.69, 9.17) is 5.26 Å². The molecular weight excluding hydrogens is 148 g/mol. The van der Waals surface area contributed by atoms with Gasteiger partial charge in [-0.25, -0.2) is 0 Å². The van der Waals surface area contributed by atoms with Crippen LogP contribution in [-0.4, -0.2) is 6.54 Å². The number of quaternary nitrogens is 1. The number of nitriles is 1. The molecule has 0 radical (unpaired) electrons. The molecule has 2 heteroatoms. The highest BCUT2D eigenvalue weighted by Gasteiger charge is 1.92. The van der Waals surface area contributed by atoms with Crippen LogP contribution in [0, 0.1) is 11.3 Å². The van der Waals surface area contributed by atoms with Gasteiger partial charge < -0.3 is 5.32 Å². The van der Waals surface area contributed by atoms with Crippen molar-refractivity contribution in [3.05, 3.63) is 35.9 Å². The lowest BCUT2D eigenvalue weighted by atomic mass is 10.2. The van der Waals surface area contributed by atoms with Crippen molar-refractivity contribution in [3.8, 4) is 6.07 Å². The molecule has 0 aliphatic heterocycles. The fourth-order valence-electron chi connectivity index (χ4n) is 1.05. The molecule has 0 amide bonds. The zero-order valence-corrected chi connectivity index (χ0v) is 7.03. The van der Waals surface area contributed by atoms with Gasteiger partial charge >= 0.3 is 0 Å². The van der Waals surface area contributed by atoms with E-state index in [1.807, 2.05) is 18.2 Å². The predicted octanol–water partition coefficient (Wildman–Crippen LogP) is 0.664. The first-order valence-electron chi connectivity index (χ1n) is 4.16. The average molecular weight is 161 g/mol. The van der Waals surface area contributed by atoms with E-state index in [1.165, 1.54) is 5.56 Å². The molecule has 0 unspecified atom stereocenters. The molecular formula is C10H13N2+. The molecule has 0 saturated heterocycles. The third-order valence-electron chi connectivity index (χ3n) is 1.68. The van der Waals surface area contributed by atoms with E-state index in [0.717, 1.165) is 13.1 Å². The molecule has 1 aromatic carbocycles. The van der Waals surface area contributed by atoms with E-state index in [9.17, 15) is 0 Å². The molecule has 0 atom stereocenters. The van der Waals surface area contributed by atoms with Crippen LogP contribution in [0.2, 0.25) is 0 Å². The lowest BCUT2D eigenvalue weighted by Gasteiger charge is -1.97. The molecule has 0 saturated carbocycles. The van der Waals surface area contributed by atoms with Crippen molar-refractivity contribution < 1.29 is 5.32 Å². The number of hydrogen-bond acceptors (Lipinski definition) is 1. The summed E-state index contributed by atoms with van der Waals surface area (Å²) in [6.45, 7) is 1.87. The summed E-state index contributed by atoms with van der Waals surface area (Å²) in [4.78, 5) is 0. The fourth-order valence-corrected chi connectivity index (χ4v) is 1.05. The van der Waals surface area contributed by atoms with Crippen LogP contribution < -0.4 is 5.32 Å². The minimum Gasteiger partial charge on any atom is -0.342 e. The SMILES string of the molecule is N#CCC[NH2+]Cc1ccccc1. The van der Waals surface area contributed by atoms with Crippen LogP contribution in [0.15, 0.2) is 30.3 Å². The average Bonchev–Trinajstić information content (AvgIpc) is 2.14. The van der Waals surface area contributed by atoms with Gasteiger partial charge in [0, 0.05) is 5.56 Å². The van der Waals surface area contributed by atoms with Gasteiger partial charge in [-0.05, 0) is 0 Å². The topological polar surface area (TPSA) is 40.4 Å². The Bertz CT molecular complexity index is 248. The molecule has 0 aliphatic carbocycles. The van der Waals surface area contributed by atoms with Crippen molar-refractivity contribution in [2.75, 3.05) is 6.54 Å². The Balaban J connectivity index is 2.21. The molecule has 0 spiro atoms. The van der Waals surface area contributed by atoms with E-state index in [0.29, 0.717) is 6.42 Å². The number of nitrogens with two attached hydrogens (primary N) is 1. The van der Waals surface area contributed by atoms with E-state index in [2.05, 4.69) is 23.5 Å². The summed E-state index contributed by atoms with van der Waals surface area (Å²) >= 11 is 0. The highest BCUT2D eigenvalue weighted by Crippen LogP contribution is 1.94. The number of hydrogen-bond donors (Lipinski definition) is 1. The largest absolute Gasteiger partial charge is 0.342 e. The standard InChI is InChI=1S/C10H12N2/c11-7-4-8-12-9-10-5-2-1-3-6-10/h1-3,5-6,12H,4,8-9H2/p+1. The molecule has 0 aliphatic rings. The second-order valence-electron chi connectivity index (χ2n) is 2.68. The summed E-state index contributed by atoms with van der Waals surface area (Å²) in [6.07, 6.45) is 0.632. The third kappa shape index (κ3) is 3.18. The lowest BCUT2D eigenvalue weighted by molar-refractivity contribution is -0.669. The highest BCUT2D eigenvalue weighted by atomic mass is 14.8. The molecule has 2 nitrogen and oxygen atoms in total. The van der Waals surface area contributed by atoms with Crippen molar-refractivity contribution >= 4 is 0 Å². The van der Waals surface area contributed by atoms with Crippen molar-refractivity contribution in [1.82, 2.24) is 0 Å². The number of rotatable bonds is 4. The van der Waals surface area contributed by atoms with Gasteiger partial charge in [0.2, 0.25) is 0 Å². The second-order valence-corrected chi connectivity index (χ2v) is 2.68. The molecule has 0 bridgehead atoms. The van der Waals surface area contributed by atoms with Gasteiger partial charge in [-0.15, -0.1) is 0 Å². The maximum atomic E-state index is 8.29. The molecule has 12 heavy (non-hydrogen) atoms. The van der Waals surface area contributed by atoms with Gasteiger partial charge in [-0.2, -0.15) is 5.26 Å².